The Labute approximate surface area is 105 Å². The molecule has 0 saturated carbocycles. The van der Waals surface area contributed by atoms with Gasteiger partial charge in [-0.3, -0.25) is 4.79 Å². The number of pyridine rings is 1. The van der Waals surface area contributed by atoms with Crippen LogP contribution in [0.15, 0.2) is 30.6 Å². The third-order valence-corrected chi connectivity index (χ3v) is 2.44. The van der Waals surface area contributed by atoms with Gasteiger partial charge >= 0.3 is 0 Å². The van der Waals surface area contributed by atoms with Crippen molar-refractivity contribution in [1.29, 1.82) is 0 Å². The van der Waals surface area contributed by atoms with Gasteiger partial charge in [-0.2, -0.15) is 5.10 Å². The molecule has 0 radical (unpaired) electrons. The van der Waals surface area contributed by atoms with Crippen molar-refractivity contribution in [1.82, 2.24) is 14.8 Å². The Balaban J connectivity index is 2.20. The van der Waals surface area contributed by atoms with E-state index in [4.69, 9.17) is 11.5 Å². The van der Waals surface area contributed by atoms with Crippen LogP contribution in [-0.2, 0) is 6.42 Å². The lowest BCUT2D eigenvalue weighted by Gasteiger charge is -2.05. The highest BCUT2D eigenvalue weighted by Gasteiger charge is 2.06. The summed E-state index contributed by atoms with van der Waals surface area (Å²) in [4.78, 5) is 15.2. The minimum atomic E-state index is -0.553. The zero-order valence-electron chi connectivity index (χ0n) is 10.1. The summed E-state index contributed by atoms with van der Waals surface area (Å²) in [5.41, 5.74) is 12.1. The summed E-state index contributed by atoms with van der Waals surface area (Å²) >= 11 is 0. The minimum Gasteiger partial charge on any atom is -0.364 e. The van der Waals surface area contributed by atoms with Gasteiger partial charge in [-0.1, -0.05) is 6.07 Å². The number of carbonyl (C=O) groups excluding carboxylic acids is 1. The van der Waals surface area contributed by atoms with Crippen molar-refractivity contribution in [2.75, 3.05) is 0 Å². The Morgan fingerprint density at radius 1 is 1.44 bits per heavy atom. The van der Waals surface area contributed by atoms with Gasteiger partial charge in [0.1, 0.15) is 5.69 Å². The van der Waals surface area contributed by atoms with E-state index in [0.29, 0.717) is 5.82 Å². The maximum Gasteiger partial charge on any atom is 0.269 e. The summed E-state index contributed by atoms with van der Waals surface area (Å²) in [5.74, 6) is 0.0817. The number of primary amides is 1. The Morgan fingerprint density at radius 2 is 2.22 bits per heavy atom. The predicted molar refractivity (Wildman–Crippen MR) is 67.2 cm³/mol. The van der Waals surface area contributed by atoms with E-state index >= 15 is 0 Å². The molecule has 2 aromatic rings. The molecule has 18 heavy (non-hydrogen) atoms. The average Bonchev–Trinajstić information content (AvgIpc) is 2.78. The van der Waals surface area contributed by atoms with Crippen LogP contribution in [0.5, 0.6) is 0 Å². The van der Waals surface area contributed by atoms with Crippen LogP contribution < -0.4 is 11.5 Å². The molecule has 6 nitrogen and oxygen atoms in total. The summed E-state index contributed by atoms with van der Waals surface area (Å²) in [6.07, 6.45) is 4.18. The second-order valence-electron chi connectivity index (χ2n) is 4.22. The SMILES string of the molecule is CC(N)Cc1ccc(-n2ccc(C(N)=O)n2)nc1. The number of nitrogens with zero attached hydrogens (tertiary/aromatic N) is 3. The number of nitrogens with two attached hydrogens (primary N) is 2. The van der Waals surface area contributed by atoms with E-state index in [1.165, 1.54) is 4.68 Å². The molecule has 2 heterocycles. The summed E-state index contributed by atoms with van der Waals surface area (Å²) < 4.78 is 1.51. The van der Waals surface area contributed by atoms with Gasteiger partial charge in [0.15, 0.2) is 5.82 Å². The fourth-order valence-electron chi connectivity index (χ4n) is 1.63. The van der Waals surface area contributed by atoms with Crippen LogP contribution in [0.4, 0.5) is 0 Å². The first-order valence-corrected chi connectivity index (χ1v) is 5.62. The summed E-state index contributed by atoms with van der Waals surface area (Å²) in [5, 5.41) is 4.03. The van der Waals surface area contributed by atoms with Crippen LogP contribution in [0.1, 0.15) is 23.0 Å². The minimum absolute atomic E-state index is 0.101. The molecule has 0 fully saturated rings. The number of rotatable bonds is 4. The third-order valence-electron chi connectivity index (χ3n) is 2.44. The van der Waals surface area contributed by atoms with Crippen molar-refractivity contribution in [3.05, 3.63) is 41.9 Å². The Kier molecular flexibility index (Phi) is 3.38. The molecule has 0 aliphatic carbocycles. The van der Waals surface area contributed by atoms with Crippen molar-refractivity contribution in [2.24, 2.45) is 11.5 Å². The van der Waals surface area contributed by atoms with Crippen molar-refractivity contribution >= 4 is 5.91 Å². The highest BCUT2D eigenvalue weighted by Crippen LogP contribution is 2.07. The number of hydrogen-bond acceptors (Lipinski definition) is 4. The van der Waals surface area contributed by atoms with Crippen molar-refractivity contribution in [3.8, 4) is 5.82 Å². The predicted octanol–water partition coefficient (Wildman–Crippen LogP) is 0.256. The van der Waals surface area contributed by atoms with Crippen LogP contribution in [0, 0.1) is 0 Å². The topological polar surface area (TPSA) is 99.8 Å². The monoisotopic (exact) mass is 245 g/mol. The molecule has 0 aliphatic rings. The molecular formula is C12H15N5O. The number of amides is 1. The number of aromatic nitrogens is 3. The summed E-state index contributed by atoms with van der Waals surface area (Å²) in [6, 6.07) is 5.43. The van der Waals surface area contributed by atoms with Gasteiger partial charge in [-0.25, -0.2) is 9.67 Å². The van der Waals surface area contributed by atoms with Gasteiger partial charge < -0.3 is 11.5 Å². The molecule has 0 saturated heterocycles. The number of carbonyl (C=O) groups is 1. The fraction of sp³-hybridized carbons (Fsp3) is 0.250. The van der Waals surface area contributed by atoms with Crippen LogP contribution in [0.2, 0.25) is 0 Å². The Bertz CT molecular complexity index is 544. The van der Waals surface area contributed by atoms with E-state index in [0.717, 1.165) is 12.0 Å². The van der Waals surface area contributed by atoms with Gasteiger partial charge in [-0.05, 0) is 31.0 Å². The summed E-state index contributed by atoms with van der Waals surface area (Å²) in [6.45, 7) is 1.94. The van der Waals surface area contributed by atoms with E-state index in [2.05, 4.69) is 10.1 Å². The molecule has 1 atom stereocenters. The molecule has 6 heteroatoms. The van der Waals surface area contributed by atoms with E-state index in [9.17, 15) is 4.79 Å². The lowest BCUT2D eigenvalue weighted by molar-refractivity contribution is 0.0995. The van der Waals surface area contributed by atoms with Crippen molar-refractivity contribution in [3.63, 3.8) is 0 Å². The zero-order valence-corrected chi connectivity index (χ0v) is 10.1. The lowest BCUT2D eigenvalue weighted by atomic mass is 10.1. The van der Waals surface area contributed by atoms with E-state index in [1.54, 1.807) is 18.5 Å². The quantitative estimate of drug-likeness (QED) is 0.806. The van der Waals surface area contributed by atoms with Gasteiger partial charge in [0.05, 0.1) is 0 Å². The molecular weight excluding hydrogens is 230 g/mol. The number of hydrogen-bond donors (Lipinski definition) is 2. The fourth-order valence-corrected chi connectivity index (χ4v) is 1.63. The van der Waals surface area contributed by atoms with Crippen LogP contribution >= 0.6 is 0 Å². The van der Waals surface area contributed by atoms with Gasteiger partial charge in [0, 0.05) is 18.4 Å². The lowest BCUT2D eigenvalue weighted by Crippen LogP contribution is -2.17. The molecule has 1 unspecified atom stereocenters. The standard InChI is InChI=1S/C12H15N5O/c1-8(13)6-9-2-3-11(15-7-9)17-5-4-10(16-17)12(14)18/h2-5,7-8H,6,13H2,1H3,(H2,14,18). The second kappa shape index (κ2) is 4.97. The highest BCUT2D eigenvalue weighted by atomic mass is 16.1. The normalized spacial score (nSPS) is 12.3. The smallest absolute Gasteiger partial charge is 0.269 e. The first-order valence-electron chi connectivity index (χ1n) is 5.62. The van der Waals surface area contributed by atoms with Crippen molar-refractivity contribution in [2.45, 2.75) is 19.4 Å². The zero-order chi connectivity index (χ0) is 13.1. The first kappa shape index (κ1) is 12.3. The molecule has 2 aromatic heterocycles. The van der Waals surface area contributed by atoms with Gasteiger partial charge in [-0.15, -0.1) is 0 Å². The van der Waals surface area contributed by atoms with Gasteiger partial charge in [0.25, 0.3) is 5.91 Å². The molecule has 1 amide bonds. The molecule has 0 spiro atoms. The summed E-state index contributed by atoms with van der Waals surface area (Å²) in [7, 11) is 0. The Morgan fingerprint density at radius 3 is 2.72 bits per heavy atom. The molecule has 94 valence electrons. The van der Waals surface area contributed by atoms with E-state index in [-0.39, 0.29) is 11.7 Å². The maximum atomic E-state index is 10.9. The molecule has 0 aliphatic heterocycles. The van der Waals surface area contributed by atoms with Crippen LogP contribution in [0.3, 0.4) is 0 Å². The average molecular weight is 245 g/mol. The van der Waals surface area contributed by atoms with E-state index < -0.39 is 5.91 Å². The highest BCUT2D eigenvalue weighted by molar-refractivity contribution is 5.90. The third kappa shape index (κ3) is 2.72. The van der Waals surface area contributed by atoms with Crippen molar-refractivity contribution < 1.29 is 4.79 Å². The first-order chi connectivity index (χ1) is 8.56. The molecule has 0 aromatic carbocycles. The van der Waals surface area contributed by atoms with Crippen LogP contribution in [0.25, 0.3) is 5.82 Å². The molecule has 2 rings (SSSR count). The maximum absolute atomic E-state index is 10.9. The largest absolute Gasteiger partial charge is 0.364 e. The molecule has 0 bridgehead atoms. The van der Waals surface area contributed by atoms with Gasteiger partial charge in [0.2, 0.25) is 0 Å². The Hall–Kier alpha value is -2.21. The second-order valence-corrected chi connectivity index (χ2v) is 4.22. The van der Waals surface area contributed by atoms with Crippen LogP contribution in [-0.4, -0.2) is 26.7 Å². The molecule has 4 N–H and O–H groups in total. The van der Waals surface area contributed by atoms with E-state index in [1.807, 2.05) is 19.1 Å².